The maximum absolute atomic E-state index is 11.0. The van der Waals surface area contributed by atoms with Crippen molar-refractivity contribution < 1.29 is 14.4 Å². The molecule has 0 amide bonds. The van der Waals surface area contributed by atoms with Crippen molar-refractivity contribution in [3.8, 4) is 6.07 Å². The molecule has 1 aromatic rings. The Morgan fingerprint density at radius 3 is 2.50 bits per heavy atom. The highest BCUT2D eigenvalue weighted by atomic mass is 16.6. The van der Waals surface area contributed by atoms with Gasteiger partial charge in [-0.2, -0.15) is 5.26 Å². The first-order chi connectivity index (χ1) is 10.7. The summed E-state index contributed by atoms with van der Waals surface area (Å²) in [5, 5.41) is 25.6. The van der Waals surface area contributed by atoms with Crippen LogP contribution in [-0.4, -0.2) is 51.5 Å². The quantitative estimate of drug-likeness (QED) is 0.358. The molecule has 1 rings (SSSR count). The normalized spacial score (nSPS) is 10.2. The van der Waals surface area contributed by atoms with Gasteiger partial charge in [0.2, 0.25) is 0 Å². The van der Waals surface area contributed by atoms with E-state index in [2.05, 4.69) is 10.6 Å². The third kappa shape index (κ3) is 6.49. The summed E-state index contributed by atoms with van der Waals surface area (Å²) in [4.78, 5) is 10.4. The largest absolute Gasteiger partial charge is 0.378 e. The lowest BCUT2D eigenvalue weighted by atomic mass is 10.2. The maximum atomic E-state index is 11.0. The second-order valence-corrected chi connectivity index (χ2v) is 4.36. The third-order valence-corrected chi connectivity index (χ3v) is 2.75. The van der Waals surface area contributed by atoms with Crippen molar-refractivity contribution in [1.29, 1.82) is 5.26 Å². The van der Waals surface area contributed by atoms with Crippen molar-refractivity contribution in [2.75, 3.05) is 51.9 Å². The zero-order valence-electron chi connectivity index (χ0n) is 12.5. The van der Waals surface area contributed by atoms with Gasteiger partial charge in [-0.1, -0.05) is 0 Å². The number of rotatable bonds is 11. The van der Waals surface area contributed by atoms with Crippen molar-refractivity contribution >= 4 is 11.4 Å². The number of nitro groups is 1. The lowest BCUT2D eigenvalue weighted by molar-refractivity contribution is -0.384. The summed E-state index contributed by atoms with van der Waals surface area (Å²) in [5.41, 5.74) is 0.513. The Kier molecular flexibility index (Phi) is 8.52. The van der Waals surface area contributed by atoms with E-state index < -0.39 is 4.92 Å². The van der Waals surface area contributed by atoms with Gasteiger partial charge in [0.15, 0.2) is 0 Å². The van der Waals surface area contributed by atoms with Crippen LogP contribution in [0.5, 0.6) is 0 Å². The van der Waals surface area contributed by atoms with Gasteiger partial charge in [0.25, 0.3) is 5.69 Å². The van der Waals surface area contributed by atoms with Crippen molar-refractivity contribution in [2.45, 2.75) is 0 Å². The van der Waals surface area contributed by atoms with E-state index in [4.69, 9.17) is 14.7 Å². The molecular formula is C14H20N4O4. The summed E-state index contributed by atoms with van der Waals surface area (Å²) in [6.07, 6.45) is 0. The summed E-state index contributed by atoms with van der Waals surface area (Å²) in [6.45, 7) is 3.26. The van der Waals surface area contributed by atoms with Crippen molar-refractivity contribution in [2.24, 2.45) is 0 Å². The molecule has 0 spiro atoms. The zero-order chi connectivity index (χ0) is 16.2. The minimum atomic E-state index is -0.514. The van der Waals surface area contributed by atoms with Crippen LogP contribution in [0.3, 0.4) is 0 Å². The van der Waals surface area contributed by atoms with Crippen molar-refractivity contribution in [1.82, 2.24) is 5.32 Å². The molecule has 2 N–H and O–H groups in total. The standard InChI is InChI=1S/C14H20N4O4/c1-16-4-6-21-8-9-22-7-5-17-13-3-2-12(11-15)10-14(13)18(19)20/h2-3,10,16-17H,4-9H2,1H3. The Morgan fingerprint density at radius 2 is 1.91 bits per heavy atom. The molecule has 8 nitrogen and oxygen atoms in total. The van der Waals surface area contributed by atoms with Crippen LogP contribution in [0, 0.1) is 21.4 Å². The first-order valence-electron chi connectivity index (χ1n) is 6.91. The predicted octanol–water partition coefficient (Wildman–Crippen LogP) is 1.13. The number of benzene rings is 1. The van der Waals surface area contributed by atoms with Crippen LogP contribution < -0.4 is 10.6 Å². The fraction of sp³-hybridized carbons (Fsp3) is 0.500. The van der Waals surface area contributed by atoms with E-state index in [9.17, 15) is 10.1 Å². The van der Waals surface area contributed by atoms with Crippen LogP contribution in [0.2, 0.25) is 0 Å². The molecule has 0 bridgehead atoms. The Bertz CT molecular complexity index is 516. The molecular weight excluding hydrogens is 288 g/mol. The molecule has 0 radical (unpaired) electrons. The first kappa shape index (κ1) is 17.8. The smallest absolute Gasteiger partial charge is 0.293 e. The number of nitrogens with zero attached hydrogens (tertiary/aromatic N) is 2. The molecule has 1 aromatic carbocycles. The molecule has 0 atom stereocenters. The molecule has 0 heterocycles. The predicted molar refractivity (Wildman–Crippen MR) is 81.9 cm³/mol. The summed E-state index contributed by atoms with van der Waals surface area (Å²) in [7, 11) is 1.86. The fourth-order valence-electron chi connectivity index (χ4n) is 1.66. The molecule has 0 aliphatic rings. The summed E-state index contributed by atoms with van der Waals surface area (Å²) >= 11 is 0. The highest BCUT2D eigenvalue weighted by molar-refractivity contribution is 5.63. The van der Waals surface area contributed by atoms with Crippen molar-refractivity contribution in [3.63, 3.8) is 0 Å². The molecule has 0 aliphatic heterocycles. The number of anilines is 1. The summed E-state index contributed by atoms with van der Waals surface area (Å²) in [6, 6.07) is 6.19. The third-order valence-electron chi connectivity index (χ3n) is 2.75. The number of ether oxygens (including phenoxy) is 2. The van der Waals surface area contributed by atoms with E-state index in [1.807, 2.05) is 13.1 Å². The summed E-state index contributed by atoms with van der Waals surface area (Å²) < 4.78 is 10.6. The molecule has 0 saturated carbocycles. The van der Waals surface area contributed by atoms with Crippen LogP contribution in [0.15, 0.2) is 18.2 Å². The lowest BCUT2D eigenvalue weighted by Crippen LogP contribution is -2.17. The number of nitriles is 1. The Labute approximate surface area is 129 Å². The van der Waals surface area contributed by atoms with Gasteiger partial charge in [-0.3, -0.25) is 10.1 Å². The van der Waals surface area contributed by atoms with Gasteiger partial charge >= 0.3 is 0 Å². The van der Waals surface area contributed by atoms with Crippen LogP contribution in [-0.2, 0) is 9.47 Å². The van der Waals surface area contributed by atoms with E-state index in [-0.39, 0.29) is 11.3 Å². The monoisotopic (exact) mass is 308 g/mol. The van der Waals surface area contributed by atoms with Gasteiger partial charge in [0.05, 0.1) is 43.0 Å². The molecule has 0 fully saturated rings. The maximum Gasteiger partial charge on any atom is 0.293 e. The number of hydrogen-bond donors (Lipinski definition) is 2. The van der Waals surface area contributed by atoms with Gasteiger partial charge in [-0.25, -0.2) is 0 Å². The molecule has 0 unspecified atom stereocenters. The van der Waals surface area contributed by atoms with Gasteiger partial charge in [0.1, 0.15) is 5.69 Å². The van der Waals surface area contributed by atoms with E-state index in [0.717, 1.165) is 6.54 Å². The van der Waals surface area contributed by atoms with Gasteiger partial charge in [0, 0.05) is 19.2 Å². The van der Waals surface area contributed by atoms with Crippen LogP contribution in [0.25, 0.3) is 0 Å². The Hall–Kier alpha value is -2.21. The minimum absolute atomic E-state index is 0.116. The van der Waals surface area contributed by atoms with E-state index >= 15 is 0 Å². The first-order valence-corrected chi connectivity index (χ1v) is 6.91. The van der Waals surface area contributed by atoms with Gasteiger partial charge < -0.3 is 20.1 Å². The molecule has 120 valence electrons. The number of nitrogens with one attached hydrogen (secondary N) is 2. The second-order valence-electron chi connectivity index (χ2n) is 4.36. The highest BCUT2D eigenvalue weighted by Gasteiger charge is 2.14. The van der Waals surface area contributed by atoms with Crippen LogP contribution in [0.4, 0.5) is 11.4 Å². The molecule has 0 aromatic heterocycles. The van der Waals surface area contributed by atoms with Crippen molar-refractivity contribution in [3.05, 3.63) is 33.9 Å². The second kappa shape index (κ2) is 10.5. The molecule has 0 saturated heterocycles. The molecule has 0 aliphatic carbocycles. The Balaban J connectivity index is 2.28. The molecule has 22 heavy (non-hydrogen) atoms. The van der Waals surface area contributed by atoms with Crippen LogP contribution in [0.1, 0.15) is 5.56 Å². The zero-order valence-corrected chi connectivity index (χ0v) is 12.5. The minimum Gasteiger partial charge on any atom is -0.378 e. The number of hydrogen-bond acceptors (Lipinski definition) is 7. The number of nitro benzene ring substituents is 1. The molecule has 8 heteroatoms. The average molecular weight is 308 g/mol. The SMILES string of the molecule is CNCCOCCOCCNc1ccc(C#N)cc1[N+](=O)[O-]. The van der Waals surface area contributed by atoms with Crippen LogP contribution >= 0.6 is 0 Å². The fourth-order valence-corrected chi connectivity index (χ4v) is 1.66. The average Bonchev–Trinajstić information content (AvgIpc) is 2.53. The van der Waals surface area contributed by atoms with E-state index in [1.165, 1.54) is 18.2 Å². The lowest BCUT2D eigenvalue weighted by Gasteiger charge is -2.08. The van der Waals surface area contributed by atoms with E-state index in [0.29, 0.717) is 38.7 Å². The topological polar surface area (TPSA) is 109 Å². The van der Waals surface area contributed by atoms with Gasteiger partial charge in [-0.05, 0) is 19.2 Å². The number of likely N-dealkylation sites (N-methyl/N-ethyl adjacent to an activating group) is 1. The van der Waals surface area contributed by atoms with Gasteiger partial charge in [-0.15, -0.1) is 0 Å². The Morgan fingerprint density at radius 1 is 1.23 bits per heavy atom. The summed E-state index contributed by atoms with van der Waals surface area (Å²) in [5.74, 6) is 0. The highest BCUT2D eigenvalue weighted by Crippen LogP contribution is 2.24. The van der Waals surface area contributed by atoms with E-state index in [1.54, 1.807) is 0 Å².